The van der Waals surface area contributed by atoms with Crippen LogP contribution in [0.3, 0.4) is 0 Å². The highest BCUT2D eigenvalue weighted by molar-refractivity contribution is 5.96. The molecule has 146 valence electrons. The van der Waals surface area contributed by atoms with Crippen LogP contribution in [0.2, 0.25) is 0 Å². The van der Waals surface area contributed by atoms with Gasteiger partial charge in [0, 0.05) is 5.56 Å². The second-order valence-corrected chi connectivity index (χ2v) is 6.83. The van der Waals surface area contributed by atoms with Crippen LogP contribution in [0.15, 0.2) is 54.6 Å². The number of amides is 2. The van der Waals surface area contributed by atoms with Crippen molar-refractivity contribution in [2.75, 3.05) is 6.54 Å². The van der Waals surface area contributed by atoms with Crippen molar-refractivity contribution in [2.45, 2.75) is 38.3 Å². The summed E-state index contributed by atoms with van der Waals surface area (Å²) in [6, 6.07) is 16.6. The van der Waals surface area contributed by atoms with Crippen LogP contribution in [0, 0.1) is 0 Å². The first-order valence-corrected chi connectivity index (χ1v) is 9.45. The summed E-state index contributed by atoms with van der Waals surface area (Å²) < 4.78 is 5.16. The zero-order valence-electron chi connectivity index (χ0n) is 15.8. The van der Waals surface area contributed by atoms with Crippen LogP contribution in [0.5, 0.6) is 0 Å². The zero-order chi connectivity index (χ0) is 19.9. The maximum atomic E-state index is 12.4. The van der Waals surface area contributed by atoms with Gasteiger partial charge in [-0.1, -0.05) is 42.5 Å². The first-order valence-electron chi connectivity index (χ1n) is 9.45. The van der Waals surface area contributed by atoms with Gasteiger partial charge in [0.05, 0.1) is 6.04 Å². The van der Waals surface area contributed by atoms with Crippen LogP contribution in [0.1, 0.15) is 47.3 Å². The lowest BCUT2D eigenvalue weighted by Crippen LogP contribution is -2.41. The molecule has 2 amide bonds. The Labute approximate surface area is 164 Å². The number of aryl methyl sites for hydroxylation is 1. The average molecular weight is 380 g/mol. The number of nitrogens with one attached hydrogen (secondary N) is 2. The van der Waals surface area contributed by atoms with E-state index in [4.69, 9.17) is 4.74 Å². The minimum absolute atomic E-state index is 0.0728. The molecule has 0 bridgehead atoms. The highest BCUT2D eigenvalue weighted by Gasteiger charge is 2.25. The molecule has 0 saturated carbocycles. The number of rotatable bonds is 6. The quantitative estimate of drug-likeness (QED) is 0.755. The highest BCUT2D eigenvalue weighted by atomic mass is 16.5. The van der Waals surface area contributed by atoms with Crippen molar-refractivity contribution in [3.05, 3.63) is 71.3 Å². The molecule has 2 aromatic rings. The summed E-state index contributed by atoms with van der Waals surface area (Å²) in [5, 5.41) is 5.46. The van der Waals surface area contributed by atoms with Crippen molar-refractivity contribution < 1.29 is 19.1 Å². The Morgan fingerprint density at radius 2 is 1.79 bits per heavy atom. The Bertz CT molecular complexity index is 851. The van der Waals surface area contributed by atoms with E-state index in [1.807, 2.05) is 18.2 Å². The lowest BCUT2D eigenvalue weighted by molar-refractivity contribution is -0.154. The molecule has 0 saturated heterocycles. The molecule has 6 heteroatoms. The van der Waals surface area contributed by atoms with Crippen LogP contribution in [0.25, 0.3) is 0 Å². The van der Waals surface area contributed by atoms with Gasteiger partial charge < -0.3 is 15.4 Å². The second kappa shape index (κ2) is 9.17. The maximum Gasteiger partial charge on any atom is 0.326 e. The maximum absolute atomic E-state index is 12.4. The first kappa shape index (κ1) is 19.6. The third kappa shape index (κ3) is 4.97. The number of ether oxygens (including phenoxy) is 1. The number of hydrogen-bond donors (Lipinski definition) is 2. The highest BCUT2D eigenvalue weighted by Crippen LogP contribution is 2.29. The van der Waals surface area contributed by atoms with Crippen LogP contribution in [0.4, 0.5) is 0 Å². The molecule has 0 aromatic heterocycles. The number of esters is 1. The van der Waals surface area contributed by atoms with E-state index in [-0.39, 0.29) is 24.4 Å². The van der Waals surface area contributed by atoms with E-state index in [0.717, 1.165) is 24.8 Å². The molecule has 0 fully saturated rings. The van der Waals surface area contributed by atoms with E-state index in [2.05, 4.69) is 16.7 Å². The SMILES string of the molecule is C[C@H](OC(=O)CNC(=O)c1ccccc1)C(=O)N[C@@H]1CCCc2ccccc21. The fourth-order valence-electron chi connectivity index (χ4n) is 3.33. The van der Waals surface area contributed by atoms with Crippen molar-refractivity contribution in [1.82, 2.24) is 10.6 Å². The summed E-state index contributed by atoms with van der Waals surface area (Å²) in [4.78, 5) is 36.4. The van der Waals surface area contributed by atoms with Crippen LogP contribution in [-0.2, 0) is 20.7 Å². The summed E-state index contributed by atoms with van der Waals surface area (Å²) in [7, 11) is 0. The van der Waals surface area contributed by atoms with Crippen molar-refractivity contribution in [1.29, 1.82) is 0 Å². The number of carbonyl (C=O) groups is 3. The van der Waals surface area contributed by atoms with Crippen molar-refractivity contribution >= 4 is 17.8 Å². The monoisotopic (exact) mass is 380 g/mol. The second-order valence-electron chi connectivity index (χ2n) is 6.83. The largest absolute Gasteiger partial charge is 0.451 e. The Morgan fingerprint density at radius 3 is 2.57 bits per heavy atom. The minimum atomic E-state index is -0.935. The Morgan fingerprint density at radius 1 is 1.07 bits per heavy atom. The van der Waals surface area contributed by atoms with E-state index in [9.17, 15) is 14.4 Å². The fourth-order valence-corrected chi connectivity index (χ4v) is 3.33. The molecule has 3 rings (SSSR count). The predicted octanol–water partition coefficient (Wildman–Crippen LogP) is 2.54. The van der Waals surface area contributed by atoms with Gasteiger partial charge in [0.15, 0.2) is 6.10 Å². The molecule has 6 nitrogen and oxygen atoms in total. The van der Waals surface area contributed by atoms with Gasteiger partial charge in [-0.3, -0.25) is 14.4 Å². The van der Waals surface area contributed by atoms with Gasteiger partial charge in [0.1, 0.15) is 6.54 Å². The van der Waals surface area contributed by atoms with Gasteiger partial charge in [0.2, 0.25) is 0 Å². The summed E-state index contributed by atoms with van der Waals surface area (Å²) >= 11 is 0. The zero-order valence-corrected chi connectivity index (χ0v) is 15.8. The number of fused-ring (bicyclic) bond motifs is 1. The molecule has 0 heterocycles. The molecule has 28 heavy (non-hydrogen) atoms. The summed E-state index contributed by atoms with van der Waals surface area (Å²) in [5.41, 5.74) is 2.82. The van der Waals surface area contributed by atoms with Gasteiger partial charge in [-0.05, 0) is 49.4 Å². The van der Waals surface area contributed by atoms with Crippen molar-refractivity contribution in [3.63, 3.8) is 0 Å². The van der Waals surface area contributed by atoms with Gasteiger partial charge in [0.25, 0.3) is 11.8 Å². The smallest absolute Gasteiger partial charge is 0.326 e. The standard InChI is InChI=1S/C22H24N2O4/c1-15(28-20(25)14-23-22(27)17-9-3-2-4-10-17)21(26)24-19-13-7-11-16-8-5-6-12-18(16)19/h2-6,8-10,12,15,19H,7,11,13-14H2,1H3,(H,23,27)(H,24,26)/t15-,19+/m0/s1. The fraction of sp³-hybridized carbons (Fsp3) is 0.318. The number of benzene rings is 2. The molecular weight excluding hydrogens is 356 g/mol. The van der Waals surface area contributed by atoms with Crippen molar-refractivity contribution in [3.8, 4) is 0 Å². The molecule has 2 N–H and O–H groups in total. The first-order chi connectivity index (χ1) is 13.5. The molecular formula is C22H24N2O4. The lowest BCUT2D eigenvalue weighted by atomic mass is 9.87. The van der Waals surface area contributed by atoms with Crippen molar-refractivity contribution in [2.24, 2.45) is 0 Å². The summed E-state index contributed by atoms with van der Waals surface area (Å²) in [6.07, 6.45) is 1.93. The molecule has 0 unspecified atom stereocenters. The van der Waals surface area contributed by atoms with E-state index >= 15 is 0 Å². The average Bonchev–Trinajstić information content (AvgIpc) is 2.73. The Hall–Kier alpha value is -3.15. The molecule has 0 aliphatic heterocycles. The molecule has 0 spiro atoms. The van der Waals surface area contributed by atoms with E-state index in [1.165, 1.54) is 12.5 Å². The third-order valence-electron chi connectivity index (χ3n) is 4.79. The normalized spacial score (nSPS) is 16.4. The van der Waals surface area contributed by atoms with Gasteiger partial charge in [-0.15, -0.1) is 0 Å². The van der Waals surface area contributed by atoms with Crippen LogP contribution < -0.4 is 10.6 Å². The summed E-state index contributed by atoms with van der Waals surface area (Å²) in [5.74, 6) is -1.37. The number of hydrogen-bond acceptors (Lipinski definition) is 4. The van der Waals surface area contributed by atoms with Gasteiger partial charge in [-0.2, -0.15) is 0 Å². The third-order valence-corrected chi connectivity index (χ3v) is 4.79. The van der Waals surface area contributed by atoms with E-state index in [1.54, 1.807) is 30.3 Å². The number of carbonyl (C=O) groups excluding carboxylic acids is 3. The van der Waals surface area contributed by atoms with E-state index < -0.39 is 12.1 Å². The minimum Gasteiger partial charge on any atom is -0.451 e. The predicted molar refractivity (Wildman–Crippen MR) is 105 cm³/mol. The molecule has 2 atom stereocenters. The molecule has 0 radical (unpaired) electrons. The van der Waals surface area contributed by atoms with Gasteiger partial charge >= 0.3 is 5.97 Å². The Balaban J connectivity index is 1.48. The van der Waals surface area contributed by atoms with Crippen LogP contribution >= 0.6 is 0 Å². The topological polar surface area (TPSA) is 84.5 Å². The summed E-state index contributed by atoms with van der Waals surface area (Å²) in [6.45, 7) is 1.23. The van der Waals surface area contributed by atoms with Crippen LogP contribution in [-0.4, -0.2) is 30.4 Å². The Kier molecular flexibility index (Phi) is 6.42. The molecule has 1 aliphatic rings. The van der Waals surface area contributed by atoms with E-state index in [0.29, 0.717) is 5.56 Å². The lowest BCUT2D eigenvalue weighted by Gasteiger charge is -2.27. The van der Waals surface area contributed by atoms with Gasteiger partial charge in [-0.25, -0.2) is 0 Å². The molecule has 2 aromatic carbocycles. The molecule has 1 aliphatic carbocycles.